The van der Waals surface area contributed by atoms with E-state index in [-0.39, 0.29) is 5.91 Å². The van der Waals surface area contributed by atoms with E-state index in [4.69, 9.17) is 0 Å². The molecule has 1 fully saturated rings. The van der Waals surface area contributed by atoms with Gasteiger partial charge < -0.3 is 0 Å². The molecule has 0 atom stereocenters. The molecule has 6 heteroatoms. The minimum atomic E-state index is -0.533. The van der Waals surface area contributed by atoms with Crippen LogP contribution in [0, 0.1) is 14.9 Å². The third kappa shape index (κ3) is 1.83. The Morgan fingerprint density at radius 2 is 2.09 bits per heavy atom. The fraction of sp³-hybridized carbons (Fsp3) is 0.353. The summed E-state index contributed by atoms with van der Waals surface area (Å²) in [6.07, 6.45) is 5.46. The SMILES string of the molecule is Cn1ncc(I)c1N1C(=O)C2(CCCC2)c2c(C#N)cccc21. The largest absolute Gasteiger partial charge is 0.273 e. The number of amides is 1. The van der Waals surface area contributed by atoms with Gasteiger partial charge in [-0.25, -0.2) is 0 Å². The number of nitrogens with zero attached hydrogens (tertiary/aromatic N) is 4. The van der Waals surface area contributed by atoms with Crippen LogP contribution in [0.1, 0.15) is 36.8 Å². The van der Waals surface area contributed by atoms with Crippen LogP contribution < -0.4 is 4.90 Å². The highest BCUT2D eigenvalue weighted by molar-refractivity contribution is 14.1. The van der Waals surface area contributed by atoms with Gasteiger partial charge in [-0.3, -0.25) is 14.4 Å². The van der Waals surface area contributed by atoms with Crippen molar-refractivity contribution in [3.63, 3.8) is 0 Å². The van der Waals surface area contributed by atoms with Crippen molar-refractivity contribution in [2.75, 3.05) is 4.90 Å². The van der Waals surface area contributed by atoms with Crippen LogP contribution in [0.3, 0.4) is 0 Å². The molecule has 1 saturated carbocycles. The van der Waals surface area contributed by atoms with Crippen LogP contribution in [0.4, 0.5) is 11.5 Å². The highest BCUT2D eigenvalue weighted by Crippen LogP contribution is 2.54. The number of aromatic nitrogens is 2. The van der Waals surface area contributed by atoms with Gasteiger partial charge in [0.05, 0.1) is 32.5 Å². The van der Waals surface area contributed by atoms with E-state index < -0.39 is 5.41 Å². The molecule has 1 aliphatic heterocycles. The van der Waals surface area contributed by atoms with Crippen molar-refractivity contribution in [1.29, 1.82) is 5.26 Å². The lowest BCUT2D eigenvalue weighted by Gasteiger charge is -2.24. The minimum Gasteiger partial charge on any atom is -0.273 e. The lowest BCUT2D eigenvalue weighted by atomic mass is 9.78. The predicted molar refractivity (Wildman–Crippen MR) is 94.4 cm³/mol. The summed E-state index contributed by atoms with van der Waals surface area (Å²) in [5.74, 6) is 0.880. The van der Waals surface area contributed by atoms with Gasteiger partial charge in [-0.15, -0.1) is 0 Å². The van der Waals surface area contributed by atoms with Gasteiger partial charge >= 0.3 is 0 Å². The summed E-state index contributed by atoms with van der Waals surface area (Å²) in [5.41, 5.74) is 1.85. The maximum atomic E-state index is 13.4. The van der Waals surface area contributed by atoms with E-state index in [2.05, 4.69) is 33.8 Å². The summed E-state index contributed by atoms with van der Waals surface area (Å²) in [6.45, 7) is 0. The van der Waals surface area contributed by atoms with Crippen LogP contribution in [0.2, 0.25) is 0 Å². The molecule has 23 heavy (non-hydrogen) atoms. The van der Waals surface area contributed by atoms with Crippen molar-refractivity contribution >= 4 is 40.0 Å². The predicted octanol–water partition coefficient (Wildman–Crippen LogP) is 3.39. The fourth-order valence-corrected chi connectivity index (χ4v) is 4.78. The van der Waals surface area contributed by atoms with E-state index in [0.29, 0.717) is 5.56 Å². The number of carbonyl (C=O) groups is 1. The number of hydrogen-bond donors (Lipinski definition) is 0. The zero-order chi connectivity index (χ0) is 16.2. The third-order valence-electron chi connectivity index (χ3n) is 5.03. The average molecular weight is 418 g/mol. The standard InChI is InChI=1S/C17H15IN4O/c1-21-15(12(18)10-20-21)22-13-6-4-5-11(9-19)14(13)17(16(22)23)7-2-3-8-17/h4-6,10H,2-3,7-8H2,1H3. The minimum absolute atomic E-state index is 0.0919. The summed E-state index contributed by atoms with van der Waals surface area (Å²) in [7, 11) is 1.85. The molecular formula is C17H15IN4O. The first-order chi connectivity index (χ1) is 11.1. The van der Waals surface area contributed by atoms with Crippen LogP contribution in [0.15, 0.2) is 24.4 Å². The number of anilines is 2. The molecule has 1 aromatic heterocycles. The first kappa shape index (κ1) is 14.7. The van der Waals surface area contributed by atoms with Crippen molar-refractivity contribution in [2.45, 2.75) is 31.1 Å². The molecule has 1 aromatic carbocycles. The van der Waals surface area contributed by atoms with Crippen LogP contribution in [0.25, 0.3) is 0 Å². The molecule has 5 nitrogen and oxygen atoms in total. The van der Waals surface area contributed by atoms with Crippen LogP contribution >= 0.6 is 22.6 Å². The fourth-order valence-electron chi connectivity index (χ4n) is 4.06. The van der Waals surface area contributed by atoms with Crippen molar-refractivity contribution in [2.24, 2.45) is 7.05 Å². The van der Waals surface area contributed by atoms with Gasteiger partial charge in [0.2, 0.25) is 5.91 Å². The van der Waals surface area contributed by atoms with Crippen LogP contribution in [-0.2, 0) is 17.3 Å². The average Bonchev–Trinajstić information content (AvgIpc) is 3.22. The molecule has 0 unspecified atom stereocenters. The summed E-state index contributed by atoms with van der Waals surface area (Å²) in [6, 6.07) is 7.92. The van der Waals surface area contributed by atoms with E-state index >= 15 is 0 Å². The molecule has 0 radical (unpaired) electrons. The number of rotatable bonds is 1. The summed E-state index contributed by atoms with van der Waals surface area (Å²) in [4.78, 5) is 15.2. The Morgan fingerprint density at radius 1 is 1.35 bits per heavy atom. The monoisotopic (exact) mass is 418 g/mol. The number of nitriles is 1. The molecular weight excluding hydrogens is 403 g/mol. The summed E-state index contributed by atoms with van der Waals surface area (Å²) < 4.78 is 2.66. The van der Waals surface area contributed by atoms with Gasteiger partial charge in [-0.1, -0.05) is 18.9 Å². The Balaban J connectivity index is 2.03. The van der Waals surface area contributed by atoms with E-state index in [1.807, 2.05) is 25.2 Å². The number of carbonyl (C=O) groups excluding carboxylic acids is 1. The van der Waals surface area contributed by atoms with Crippen molar-refractivity contribution in [3.05, 3.63) is 39.1 Å². The second-order valence-electron chi connectivity index (χ2n) is 6.18. The second-order valence-corrected chi connectivity index (χ2v) is 7.34. The molecule has 4 rings (SSSR count). The van der Waals surface area contributed by atoms with Crippen molar-refractivity contribution in [1.82, 2.24) is 9.78 Å². The lowest BCUT2D eigenvalue weighted by molar-refractivity contribution is -0.122. The van der Waals surface area contributed by atoms with E-state index in [1.54, 1.807) is 15.8 Å². The molecule has 2 aliphatic rings. The maximum Gasteiger partial charge on any atom is 0.243 e. The van der Waals surface area contributed by atoms with E-state index in [1.165, 1.54) is 0 Å². The molecule has 2 heterocycles. The Labute approximate surface area is 148 Å². The van der Waals surface area contributed by atoms with Gasteiger partial charge in [0.15, 0.2) is 5.82 Å². The van der Waals surface area contributed by atoms with Crippen molar-refractivity contribution in [3.8, 4) is 6.07 Å². The maximum absolute atomic E-state index is 13.4. The Bertz CT molecular complexity index is 838. The van der Waals surface area contributed by atoms with E-state index in [0.717, 1.165) is 46.3 Å². The quantitative estimate of drug-likeness (QED) is 0.668. The van der Waals surface area contributed by atoms with E-state index in [9.17, 15) is 10.1 Å². The molecule has 2 aromatic rings. The number of benzene rings is 1. The molecule has 0 bridgehead atoms. The molecule has 1 spiro atoms. The van der Waals surface area contributed by atoms with Gasteiger partial charge in [-0.05, 0) is 47.6 Å². The van der Waals surface area contributed by atoms with Gasteiger partial charge in [0, 0.05) is 12.6 Å². The Morgan fingerprint density at radius 3 is 2.70 bits per heavy atom. The van der Waals surface area contributed by atoms with Gasteiger partial charge in [-0.2, -0.15) is 10.4 Å². The zero-order valence-corrected chi connectivity index (χ0v) is 14.9. The summed E-state index contributed by atoms with van der Waals surface area (Å²) >= 11 is 2.21. The highest BCUT2D eigenvalue weighted by atomic mass is 127. The normalized spacial score (nSPS) is 18.5. The topological polar surface area (TPSA) is 61.9 Å². The number of fused-ring (bicyclic) bond motifs is 2. The molecule has 1 aliphatic carbocycles. The number of halogens is 1. The lowest BCUT2D eigenvalue weighted by Crippen LogP contribution is -2.37. The number of hydrogen-bond acceptors (Lipinski definition) is 3. The zero-order valence-electron chi connectivity index (χ0n) is 12.7. The Kier molecular flexibility index (Phi) is 3.23. The van der Waals surface area contributed by atoms with Crippen molar-refractivity contribution < 1.29 is 4.79 Å². The number of aryl methyl sites for hydroxylation is 1. The first-order valence-corrected chi connectivity index (χ1v) is 8.74. The van der Waals surface area contributed by atoms with Gasteiger partial charge in [0.1, 0.15) is 0 Å². The molecule has 0 N–H and O–H groups in total. The first-order valence-electron chi connectivity index (χ1n) is 7.66. The molecule has 116 valence electrons. The van der Waals surface area contributed by atoms with Crippen LogP contribution in [-0.4, -0.2) is 15.7 Å². The molecule has 0 saturated heterocycles. The summed E-state index contributed by atoms with van der Waals surface area (Å²) in [5, 5.41) is 13.8. The second kappa shape index (κ2) is 5.06. The van der Waals surface area contributed by atoms with Crippen LogP contribution in [0.5, 0.6) is 0 Å². The Hall–Kier alpha value is -1.88. The van der Waals surface area contributed by atoms with Gasteiger partial charge in [0.25, 0.3) is 0 Å². The molecule has 1 amide bonds. The smallest absolute Gasteiger partial charge is 0.243 e. The highest BCUT2D eigenvalue weighted by Gasteiger charge is 2.54. The third-order valence-corrected chi connectivity index (χ3v) is 5.79.